The molecule has 31 heavy (non-hydrogen) atoms. The molecule has 0 bridgehead atoms. The summed E-state index contributed by atoms with van der Waals surface area (Å²) in [6.45, 7) is 1.85. The fourth-order valence-corrected chi connectivity index (χ4v) is 3.39. The summed E-state index contributed by atoms with van der Waals surface area (Å²) >= 11 is 6.33. The van der Waals surface area contributed by atoms with Crippen LogP contribution in [0.5, 0.6) is 0 Å². The van der Waals surface area contributed by atoms with E-state index in [1.165, 1.54) is 22.8 Å². The van der Waals surface area contributed by atoms with E-state index in [1.807, 2.05) is 0 Å². The molecule has 0 amide bonds. The van der Waals surface area contributed by atoms with Gasteiger partial charge in [-0.1, -0.05) is 41.9 Å². The van der Waals surface area contributed by atoms with E-state index >= 15 is 0 Å². The number of aromatic nitrogens is 3. The van der Waals surface area contributed by atoms with Gasteiger partial charge in [-0.3, -0.25) is 0 Å². The zero-order chi connectivity index (χ0) is 22.2. The number of esters is 1. The summed E-state index contributed by atoms with van der Waals surface area (Å²) in [7, 11) is 0. The second-order valence-electron chi connectivity index (χ2n) is 6.60. The van der Waals surface area contributed by atoms with Gasteiger partial charge in [0.15, 0.2) is 5.65 Å². The molecule has 0 saturated carbocycles. The molecule has 2 heterocycles. The maximum absolute atomic E-state index is 13.0. The highest BCUT2D eigenvalue weighted by Gasteiger charge is 2.30. The molecule has 0 fully saturated rings. The molecule has 2 aromatic carbocycles. The molecule has 0 spiro atoms. The van der Waals surface area contributed by atoms with Crippen LogP contribution in [0.25, 0.3) is 28.2 Å². The van der Waals surface area contributed by atoms with E-state index in [1.54, 1.807) is 37.3 Å². The number of halogens is 4. The van der Waals surface area contributed by atoms with E-state index in [0.717, 1.165) is 12.1 Å². The Balaban J connectivity index is 1.95. The lowest BCUT2D eigenvalue weighted by atomic mass is 10.1. The van der Waals surface area contributed by atoms with Gasteiger partial charge in [-0.2, -0.15) is 18.3 Å². The molecule has 9 heteroatoms. The topological polar surface area (TPSA) is 56.5 Å². The first-order valence-corrected chi connectivity index (χ1v) is 9.66. The molecule has 5 nitrogen and oxygen atoms in total. The maximum atomic E-state index is 13.0. The smallest absolute Gasteiger partial charge is 0.416 e. The van der Waals surface area contributed by atoms with E-state index in [-0.39, 0.29) is 17.8 Å². The lowest BCUT2D eigenvalue weighted by Crippen LogP contribution is -2.06. The number of nitrogens with zero attached hydrogens (tertiary/aromatic N) is 3. The van der Waals surface area contributed by atoms with Crippen molar-refractivity contribution in [2.24, 2.45) is 0 Å². The lowest BCUT2D eigenvalue weighted by Gasteiger charge is -2.12. The molecule has 158 valence electrons. The fourth-order valence-electron chi connectivity index (χ4n) is 3.16. The van der Waals surface area contributed by atoms with Gasteiger partial charge in [0.1, 0.15) is 5.56 Å². The molecule has 4 rings (SSSR count). The third-order valence-electron chi connectivity index (χ3n) is 4.62. The number of carbonyl (C=O) groups excluding carboxylic acids is 1. The summed E-state index contributed by atoms with van der Waals surface area (Å²) in [6.07, 6.45) is -3.12. The summed E-state index contributed by atoms with van der Waals surface area (Å²) in [5.41, 5.74) is 1.56. The number of hydrogen-bond acceptors (Lipinski definition) is 4. The van der Waals surface area contributed by atoms with Crippen molar-refractivity contribution in [3.8, 4) is 22.5 Å². The van der Waals surface area contributed by atoms with Crippen molar-refractivity contribution in [3.63, 3.8) is 0 Å². The van der Waals surface area contributed by atoms with Gasteiger partial charge in [-0.25, -0.2) is 14.3 Å². The summed E-state index contributed by atoms with van der Waals surface area (Å²) in [4.78, 5) is 16.9. The van der Waals surface area contributed by atoms with E-state index in [2.05, 4.69) is 10.1 Å². The summed E-state index contributed by atoms with van der Waals surface area (Å²) in [6, 6.07) is 13.4. The summed E-state index contributed by atoms with van der Waals surface area (Å²) in [5, 5.41) is 4.66. The molecule has 0 atom stereocenters. The number of benzene rings is 2. The first kappa shape index (κ1) is 20.9. The van der Waals surface area contributed by atoms with Gasteiger partial charge in [-0.15, -0.1) is 0 Å². The van der Waals surface area contributed by atoms with Gasteiger partial charge in [0.05, 0.1) is 29.8 Å². The van der Waals surface area contributed by atoms with Crippen LogP contribution in [-0.2, 0) is 10.9 Å². The van der Waals surface area contributed by atoms with Crippen LogP contribution in [0.2, 0.25) is 5.02 Å². The maximum Gasteiger partial charge on any atom is 0.416 e. The van der Waals surface area contributed by atoms with Crippen LogP contribution in [0.1, 0.15) is 22.8 Å². The molecule has 4 aromatic rings. The molecule has 0 unspecified atom stereocenters. The van der Waals surface area contributed by atoms with Crippen LogP contribution in [0.4, 0.5) is 13.2 Å². The van der Waals surface area contributed by atoms with Gasteiger partial charge in [0.25, 0.3) is 0 Å². The van der Waals surface area contributed by atoms with Crippen LogP contribution in [0.3, 0.4) is 0 Å². The third-order valence-corrected chi connectivity index (χ3v) is 4.95. The van der Waals surface area contributed by atoms with Crippen molar-refractivity contribution in [1.29, 1.82) is 0 Å². The highest BCUT2D eigenvalue weighted by molar-refractivity contribution is 6.33. The zero-order valence-electron chi connectivity index (χ0n) is 16.2. The molecular weight excluding hydrogens is 431 g/mol. The van der Waals surface area contributed by atoms with Crippen molar-refractivity contribution in [2.75, 3.05) is 6.61 Å². The fraction of sp³-hybridized carbons (Fsp3) is 0.136. The number of hydrogen-bond donors (Lipinski definition) is 0. The van der Waals surface area contributed by atoms with Crippen molar-refractivity contribution < 1.29 is 22.7 Å². The van der Waals surface area contributed by atoms with Gasteiger partial charge in [-0.05, 0) is 31.2 Å². The monoisotopic (exact) mass is 445 g/mol. The summed E-state index contributed by atoms with van der Waals surface area (Å²) in [5.74, 6) is -0.598. The third kappa shape index (κ3) is 3.98. The second-order valence-corrected chi connectivity index (χ2v) is 7.00. The molecule has 0 radical (unpaired) electrons. The first-order chi connectivity index (χ1) is 14.8. The summed E-state index contributed by atoms with van der Waals surface area (Å²) < 4.78 is 45.4. The van der Waals surface area contributed by atoms with Gasteiger partial charge in [0, 0.05) is 16.1 Å². The van der Waals surface area contributed by atoms with E-state index < -0.39 is 17.7 Å². The van der Waals surface area contributed by atoms with Crippen molar-refractivity contribution in [1.82, 2.24) is 14.6 Å². The molecule has 0 aliphatic heterocycles. The van der Waals surface area contributed by atoms with Crippen molar-refractivity contribution >= 4 is 23.2 Å². The minimum atomic E-state index is -4.45. The van der Waals surface area contributed by atoms with Crippen molar-refractivity contribution in [3.05, 3.63) is 76.9 Å². The van der Waals surface area contributed by atoms with Crippen LogP contribution in [0.15, 0.2) is 60.8 Å². The Morgan fingerprint density at radius 1 is 1.13 bits per heavy atom. The molecule has 0 N–H and O–H groups in total. The Hall–Kier alpha value is -3.39. The Morgan fingerprint density at radius 3 is 2.48 bits per heavy atom. The van der Waals surface area contributed by atoms with Gasteiger partial charge in [0.2, 0.25) is 0 Å². The number of rotatable bonds is 4. The van der Waals surface area contributed by atoms with E-state index in [9.17, 15) is 18.0 Å². The molecule has 0 aliphatic carbocycles. The SMILES string of the molecule is CCOC(=O)c1cnn2c(-c3ccc(C(F)(F)F)cc3)cc(-c3ccccc3Cl)nc12. The molecular formula is C22H15ClF3N3O2. The van der Waals surface area contributed by atoms with Crippen LogP contribution < -0.4 is 0 Å². The van der Waals surface area contributed by atoms with Crippen LogP contribution in [-0.4, -0.2) is 27.2 Å². The van der Waals surface area contributed by atoms with Gasteiger partial charge >= 0.3 is 12.1 Å². The average molecular weight is 446 g/mol. The molecule has 2 aromatic heterocycles. The van der Waals surface area contributed by atoms with Gasteiger partial charge < -0.3 is 4.74 Å². The predicted octanol–water partition coefficient (Wildman–Crippen LogP) is 5.91. The highest BCUT2D eigenvalue weighted by Crippen LogP contribution is 2.34. The second kappa shape index (κ2) is 8.03. The minimum absolute atomic E-state index is 0.143. The number of alkyl halides is 3. The van der Waals surface area contributed by atoms with Crippen LogP contribution in [0, 0.1) is 0 Å². The largest absolute Gasteiger partial charge is 0.462 e. The highest BCUT2D eigenvalue weighted by atomic mass is 35.5. The molecule has 0 aliphatic rings. The first-order valence-electron chi connectivity index (χ1n) is 9.28. The van der Waals surface area contributed by atoms with Crippen LogP contribution >= 0.6 is 11.6 Å². The number of carbonyl (C=O) groups is 1. The Morgan fingerprint density at radius 2 is 1.84 bits per heavy atom. The zero-order valence-corrected chi connectivity index (χ0v) is 16.9. The Labute approximate surface area is 180 Å². The van der Waals surface area contributed by atoms with E-state index in [4.69, 9.17) is 16.3 Å². The minimum Gasteiger partial charge on any atom is -0.462 e. The standard InChI is InChI=1S/C22H15ClF3N3O2/c1-2-31-21(30)16-12-27-29-19(13-7-9-14(10-8-13)22(24,25)26)11-18(28-20(16)29)15-5-3-4-6-17(15)23/h3-12H,2H2,1H3. The Bertz CT molecular complexity index is 1270. The van der Waals surface area contributed by atoms with Crippen molar-refractivity contribution in [2.45, 2.75) is 13.1 Å². The Kier molecular flexibility index (Phi) is 5.41. The quantitative estimate of drug-likeness (QED) is 0.366. The number of fused-ring (bicyclic) bond motifs is 1. The predicted molar refractivity (Wildman–Crippen MR) is 110 cm³/mol. The molecule has 0 saturated heterocycles. The normalized spacial score (nSPS) is 11.6. The number of ether oxygens (including phenoxy) is 1. The van der Waals surface area contributed by atoms with E-state index in [0.29, 0.717) is 27.5 Å². The lowest BCUT2D eigenvalue weighted by molar-refractivity contribution is -0.137. The average Bonchev–Trinajstić information content (AvgIpc) is 3.17.